The number of fused-ring (bicyclic) bond motifs is 1. The fourth-order valence-corrected chi connectivity index (χ4v) is 5.53. The normalized spacial score (nSPS) is 26.0. The smallest absolute Gasteiger partial charge is 0.324 e. The van der Waals surface area contributed by atoms with Crippen molar-refractivity contribution in [2.75, 3.05) is 31.1 Å². The Morgan fingerprint density at radius 2 is 1.82 bits per heavy atom. The molecule has 34 heavy (non-hydrogen) atoms. The van der Waals surface area contributed by atoms with Crippen molar-refractivity contribution in [3.63, 3.8) is 0 Å². The van der Waals surface area contributed by atoms with Gasteiger partial charge in [-0.15, -0.1) is 0 Å². The Bertz CT molecular complexity index is 1120. The lowest BCUT2D eigenvalue weighted by Crippen LogP contribution is -2.56. The Kier molecular flexibility index (Phi) is 6.46. The molecule has 2 aromatic rings. The Labute approximate surface area is 201 Å². The van der Waals surface area contributed by atoms with Gasteiger partial charge in [0.15, 0.2) is 11.5 Å². The molecule has 2 amide bonds. The van der Waals surface area contributed by atoms with E-state index < -0.39 is 41.2 Å². The summed E-state index contributed by atoms with van der Waals surface area (Å²) in [6.45, 7) is 0. The number of nitrogens with zero attached hydrogens (tertiary/aromatic N) is 1. The number of thioether (sulfide) groups is 1. The Hall–Kier alpha value is -3.24. The molecular formula is C24H26N2O7S. The molecule has 2 aliphatic heterocycles. The number of phenols is 1. The van der Waals surface area contributed by atoms with Gasteiger partial charge in [-0.25, -0.2) is 4.90 Å². The van der Waals surface area contributed by atoms with Crippen molar-refractivity contribution in [3.05, 3.63) is 48.0 Å². The van der Waals surface area contributed by atoms with Gasteiger partial charge in [0.05, 0.1) is 31.7 Å². The van der Waals surface area contributed by atoms with Gasteiger partial charge in [-0.2, -0.15) is 11.8 Å². The lowest BCUT2D eigenvalue weighted by Gasteiger charge is -2.31. The number of hydrogen-bond acceptors (Lipinski definition) is 8. The predicted molar refractivity (Wildman–Crippen MR) is 126 cm³/mol. The zero-order valence-electron chi connectivity index (χ0n) is 19.0. The van der Waals surface area contributed by atoms with Crippen LogP contribution in [0.15, 0.2) is 42.5 Å². The molecule has 2 aliphatic rings. The second kappa shape index (κ2) is 9.19. The number of carboxylic acid groups (broad SMARTS) is 1. The second-order valence-electron chi connectivity index (χ2n) is 8.25. The van der Waals surface area contributed by atoms with Gasteiger partial charge >= 0.3 is 5.97 Å². The molecule has 2 aromatic carbocycles. The van der Waals surface area contributed by atoms with Crippen molar-refractivity contribution in [1.29, 1.82) is 0 Å². The van der Waals surface area contributed by atoms with Crippen LogP contribution in [0.1, 0.15) is 18.0 Å². The molecule has 4 rings (SSSR count). The number of amides is 2. The van der Waals surface area contributed by atoms with Gasteiger partial charge in [0.1, 0.15) is 11.3 Å². The number of hydrogen-bond donors (Lipinski definition) is 3. The first-order chi connectivity index (χ1) is 16.3. The number of benzene rings is 2. The average molecular weight is 487 g/mol. The largest absolute Gasteiger partial charge is 0.504 e. The molecule has 0 bridgehead atoms. The predicted octanol–water partition coefficient (Wildman–Crippen LogP) is 2.44. The maximum absolute atomic E-state index is 13.7. The van der Waals surface area contributed by atoms with Crippen molar-refractivity contribution in [3.8, 4) is 17.2 Å². The lowest BCUT2D eigenvalue weighted by molar-refractivity contribution is -0.148. The van der Waals surface area contributed by atoms with Gasteiger partial charge in [0.25, 0.3) is 0 Å². The van der Waals surface area contributed by atoms with Crippen LogP contribution in [0.3, 0.4) is 0 Å². The fourth-order valence-electron chi connectivity index (χ4n) is 5.01. The first-order valence-corrected chi connectivity index (χ1v) is 12.1. The summed E-state index contributed by atoms with van der Waals surface area (Å²) in [7, 11) is 2.91. The van der Waals surface area contributed by atoms with Gasteiger partial charge in [0.2, 0.25) is 11.8 Å². The number of anilines is 1. The number of methoxy groups -OCH3 is 2. The van der Waals surface area contributed by atoms with Crippen LogP contribution in [-0.4, -0.2) is 59.8 Å². The number of phenolic OH excluding ortho intramolecular Hbond substituents is 1. The molecular weight excluding hydrogens is 460 g/mol. The molecule has 0 aromatic heterocycles. The minimum Gasteiger partial charge on any atom is -0.504 e. The summed E-state index contributed by atoms with van der Waals surface area (Å²) in [4.78, 5) is 41.1. The van der Waals surface area contributed by atoms with Gasteiger partial charge in [-0.3, -0.25) is 19.7 Å². The highest BCUT2D eigenvalue weighted by molar-refractivity contribution is 7.98. The number of para-hydroxylation sites is 1. The number of rotatable bonds is 8. The molecule has 2 heterocycles. The summed E-state index contributed by atoms with van der Waals surface area (Å²) in [6, 6.07) is 10.4. The molecule has 9 nitrogen and oxygen atoms in total. The van der Waals surface area contributed by atoms with E-state index in [0.29, 0.717) is 22.8 Å². The minimum absolute atomic E-state index is 0.126. The van der Waals surface area contributed by atoms with Crippen molar-refractivity contribution in [2.45, 2.75) is 18.0 Å². The van der Waals surface area contributed by atoms with Gasteiger partial charge in [0, 0.05) is 11.6 Å². The van der Waals surface area contributed by atoms with Crippen LogP contribution in [0.2, 0.25) is 0 Å². The Morgan fingerprint density at radius 3 is 2.41 bits per heavy atom. The van der Waals surface area contributed by atoms with Crippen molar-refractivity contribution in [1.82, 2.24) is 5.32 Å². The van der Waals surface area contributed by atoms with Gasteiger partial charge in [-0.05, 0) is 48.8 Å². The van der Waals surface area contributed by atoms with Crippen LogP contribution < -0.4 is 19.7 Å². The summed E-state index contributed by atoms with van der Waals surface area (Å²) in [5.41, 5.74) is -1.04. The molecule has 10 heteroatoms. The number of nitrogens with one attached hydrogen (secondary N) is 1. The SMILES string of the molecule is COc1ccc(N2C(=O)[C@@H]3[C@H](c4cccc(OC)c4O)N[C@@](CCSC)(C(=O)O)[C@H]3C2=O)cc1. The highest BCUT2D eigenvalue weighted by Crippen LogP contribution is 2.53. The van der Waals surface area contributed by atoms with E-state index in [1.54, 1.807) is 42.5 Å². The lowest BCUT2D eigenvalue weighted by atomic mass is 9.78. The quantitative estimate of drug-likeness (QED) is 0.482. The molecule has 2 saturated heterocycles. The maximum Gasteiger partial charge on any atom is 0.324 e. The number of aromatic hydroxyl groups is 1. The number of ether oxygens (including phenoxy) is 2. The van der Waals surface area contributed by atoms with Crippen molar-refractivity contribution in [2.24, 2.45) is 11.8 Å². The number of carbonyl (C=O) groups is 3. The first kappa shape index (κ1) is 23.9. The molecule has 4 atom stereocenters. The third-order valence-electron chi connectivity index (χ3n) is 6.65. The van der Waals surface area contributed by atoms with Crippen molar-refractivity contribution < 1.29 is 34.1 Å². The van der Waals surface area contributed by atoms with Crippen LogP contribution in [0.4, 0.5) is 5.69 Å². The van der Waals surface area contributed by atoms with E-state index in [-0.39, 0.29) is 17.9 Å². The maximum atomic E-state index is 13.7. The molecule has 0 spiro atoms. The van der Waals surface area contributed by atoms with E-state index in [0.717, 1.165) is 4.90 Å². The van der Waals surface area contributed by atoms with Gasteiger partial charge in [-0.1, -0.05) is 12.1 Å². The summed E-state index contributed by atoms with van der Waals surface area (Å²) < 4.78 is 10.4. The minimum atomic E-state index is -1.68. The standard InChI is InChI=1S/C24H26N2O7S/c1-32-14-9-7-13(8-10-14)26-21(28)17-18(22(26)29)24(23(30)31,11-12-34-3)25-19(17)15-5-4-6-16(33-2)20(15)27/h4-10,17-19,25,27H,11-12H2,1-3H3,(H,30,31)/t17-,18+,19-,24+/m0/s1. The van der Waals surface area contributed by atoms with Crippen LogP contribution in [-0.2, 0) is 14.4 Å². The summed E-state index contributed by atoms with van der Waals surface area (Å²) in [5.74, 6) is -3.47. The molecule has 3 N–H and O–H groups in total. The third-order valence-corrected chi connectivity index (χ3v) is 7.26. The fraction of sp³-hybridized carbons (Fsp3) is 0.375. The average Bonchev–Trinajstić information content (AvgIpc) is 3.32. The summed E-state index contributed by atoms with van der Waals surface area (Å²) in [5, 5.41) is 24.2. The van der Waals surface area contributed by atoms with Crippen LogP contribution in [0.25, 0.3) is 0 Å². The van der Waals surface area contributed by atoms with E-state index in [1.165, 1.54) is 26.0 Å². The first-order valence-electron chi connectivity index (χ1n) is 10.7. The van der Waals surface area contributed by atoms with E-state index in [9.17, 15) is 24.6 Å². The number of carbonyl (C=O) groups excluding carboxylic acids is 2. The second-order valence-corrected chi connectivity index (χ2v) is 9.24. The zero-order chi connectivity index (χ0) is 24.6. The molecule has 0 saturated carbocycles. The number of carboxylic acids is 1. The highest BCUT2D eigenvalue weighted by Gasteiger charge is 2.68. The van der Waals surface area contributed by atoms with E-state index in [1.807, 2.05) is 6.26 Å². The van der Waals surface area contributed by atoms with Crippen LogP contribution >= 0.6 is 11.8 Å². The molecule has 0 unspecified atom stereocenters. The highest BCUT2D eigenvalue weighted by atomic mass is 32.2. The van der Waals surface area contributed by atoms with Crippen LogP contribution in [0.5, 0.6) is 17.2 Å². The molecule has 0 aliphatic carbocycles. The van der Waals surface area contributed by atoms with Crippen LogP contribution in [0, 0.1) is 11.8 Å². The monoisotopic (exact) mass is 486 g/mol. The summed E-state index contributed by atoms with van der Waals surface area (Å²) in [6.07, 6.45) is 1.97. The van der Waals surface area contributed by atoms with E-state index >= 15 is 0 Å². The molecule has 2 fully saturated rings. The third kappa shape index (κ3) is 3.57. The van der Waals surface area contributed by atoms with E-state index in [2.05, 4.69) is 5.32 Å². The Morgan fingerprint density at radius 1 is 1.12 bits per heavy atom. The zero-order valence-corrected chi connectivity index (χ0v) is 19.8. The van der Waals surface area contributed by atoms with E-state index in [4.69, 9.17) is 9.47 Å². The summed E-state index contributed by atoms with van der Waals surface area (Å²) >= 11 is 1.45. The molecule has 0 radical (unpaired) electrons. The van der Waals surface area contributed by atoms with Gasteiger partial charge < -0.3 is 19.7 Å². The topological polar surface area (TPSA) is 125 Å². The number of imide groups is 1. The molecule has 180 valence electrons. The van der Waals surface area contributed by atoms with Crippen molar-refractivity contribution >= 4 is 35.2 Å². The number of aliphatic carboxylic acids is 1. The Balaban J connectivity index is 1.86.